The van der Waals surface area contributed by atoms with Crippen LogP contribution in [0.25, 0.3) is 72.0 Å². The second kappa shape index (κ2) is 13.5. The normalized spacial score (nSPS) is 14.1. The molecule has 62 heavy (non-hydrogen) atoms. The smallest absolute Gasteiger partial charge is 0.0541 e. The van der Waals surface area contributed by atoms with Crippen LogP contribution < -0.4 is 4.90 Å². The van der Waals surface area contributed by atoms with Crippen LogP contribution in [0.1, 0.15) is 49.9 Å². The SMILES string of the molecule is CC1(C)c2ccccc2-c2cccc(N(c3ccc(-c4ccc5c(c4)c4ccccc4n5-c4ccc(-c5ccccc5)cc4)cc3)c3cccc4c3C(C)(C)c3ccccc3-4)c21. The second-order valence-electron chi connectivity index (χ2n) is 18.1. The van der Waals surface area contributed by atoms with Crippen molar-refractivity contribution in [3.63, 3.8) is 0 Å². The van der Waals surface area contributed by atoms with Gasteiger partial charge in [-0.2, -0.15) is 0 Å². The summed E-state index contributed by atoms with van der Waals surface area (Å²) in [5.74, 6) is 0. The van der Waals surface area contributed by atoms with Crippen molar-refractivity contribution in [3.8, 4) is 50.2 Å². The monoisotopic (exact) mass is 794 g/mol. The van der Waals surface area contributed by atoms with E-state index in [9.17, 15) is 0 Å². The third-order valence-corrected chi connectivity index (χ3v) is 14.0. The lowest BCUT2D eigenvalue weighted by atomic mass is 9.80. The van der Waals surface area contributed by atoms with Crippen LogP contribution in [0.15, 0.2) is 206 Å². The van der Waals surface area contributed by atoms with Crippen LogP contribution in [0.2, 0.25) is 0 Å². The molecule has 0 radical (unpaired) electrons. The van der Waals surface area contributed by atoms with Gasteiger partial charge in [-0.25, -0.2) is 0 Å². The van der Waals surface area contributed by atoms with Crippen LogP contribution in [-0.2, 0) is 10.8 Å². The summed E-state index contributed by atoms with van der Waals surface area (Å²) in [6.07, 6.45) is 0. The zero-order chi connectivity index (χ0) is 41.7. The average Bonchev–Trinajstić information content (AvgIpc) is 3.87. The molecule has 2 heteroatoms. The number of nitrogens with zero attached hydrogens (tertiary/aromatic N) is 2. The summed E-state index contributed by atoms with van der Waals surface area (Å²) in [6, 6.07) is 76.4. The number of para-hydroxylation sites is 1. The molecule has 0 spiro atoms. The van der Waals surface area contributed by atoms with Gasteiger partial charge < -0.3 is 9.47 Å². The van der Waals surface area contributed by atoms with E-state index in [0.717, 1.165) is 11.4 Å². The summed E-state index contributed by atoms with van der Waals surface area (Å²) >= 11 is 0. The first-order valence-corrected chi connectivity index (χ1v) is 21.9. The summed E-state index contributed by atoms with van der Waals surface area (Å²) < 4.78 is 2.40. The molecule has 2 aliphatic carbocycles. The predicted octanol–water partition coefficient (Wildman–Crippen LogP) is 16.2. The summed E-state index contributed by atoms with van der Waals surface area (Å²) in [6.45, 7) is 9.57. The topological polar surface area (TPSA) is 8.17 Å². The van der Waals surface area contributed by atoms with Crippen LogP contribution in [0, 0.1) is 0 Å². The van der Waals surface area contributed by atoms with Gasteiger partial charge in [0.05, 0.1) is 22.4 Å². The number of benzene rings is 9. The van der Waals surface area contributed by atoms with Gasteiger partial charge in [0.2, 0.25) is 0 Å². The van der Waals surface area contributed by atoms with Crippen molar-refractivity contribution in [2.24, 2.45) is 0 Å². The zero-order valence-corrected chi connectivity index (χ0v) is 35.5. The fourth-order valence-corrected chi connectivity index (χ4v) is 11.1. The summed E-state index contributed by atoms with van der Waals surface area (Å²) in [5.41, 5.74) is 22.4. The van der Waals surface area contributed by atoms with Crippen LogP contribution in [0.5, 0.6) is 0 Å². The van der Waals surface area contributed by atoms with Crippen LogP contribution in [0.3, 0.4) is 0 Å². The van der Waals surface area contributed by atoms with Crippen LogP contribution in [0.4, 0.5) is 17.1 Å². The Hall–Kier alpha value is -7.42. The molecule has 0 atom stereocenters. The van der Waals surface area contributed by atoms with Gasteiger partial charge in [-0.05, 0) is 121 Å². The Kier molecular flexibility index (Phi) is 7.96. The molecule has 0 amide bonds. The first kappa shape index (κ1) is 36.4. The average molecular weight is 795 g/mol. The van der Waals surface area contributed by atoms with E-state index in [2.05, 4.69) is 243 Å². The van der Waals surface area contributed by atoms with Gasteiger partial charge in [-0.15, -0.1) is 0 Å². The molecule has 2 nitrogen and oxygen atoms in total. The minimum Gasteiger partial charge on any atom is -0.310 e. The van der Waals surface area contributed by atoms with E-state index in [1.54, 1.807) is 0 Å². The maximum Gasteiger partial charge on any atom is 0.0541 e. The molecule has 1 aromatic heterocycles. The lowest BCUT2D eigenvalue weighted by Crippen LogP contribution is -2.23. The molecule has 2 aliphatic rings. The Morgan fingerprint density at radius 3 is 1.45 bits per heavy atom. The molecule has 10 aromatic rings. The third-order valence-electron chi connectivity index (χ3n) is 14.0. The van der Waals surface area contributed by atoms with Crippen molar-refractivity contribution in [2.75, 3.05) is 4.90 Å². The molecule has 9 aromatic carbocycles. The Morgan fingerprint density at radius 2 is 0.823 bits per heavy atom. The second-order valence-corrected chi connectivity index (χ2v) is 18.1. The van der Waals surface area contributed by atoms with E-state index in [0.29, 0.717) is 0 Å². The van der Waals surface area contributed by atoms with Crippen molar-refractivity contribution < 1.29 is 0 Å². The number of hydrogen-bond acceptors (Lipinski definition) is 1. The Morgan fingerprint density at radius 1 is 0.355 bits per heavy atom. The van der Waals surface area contributed by atoms with E-state index in [1.165, 1.54) is 99.9 Å². The highest BCUT2D eigenvalue weighted by Crippen LogP contribution is 2.58. The molecular formula is C60H46N2. The quantitative estimate of drug-likeness (QED) is 0.163. The van der Waals surface area contributed by atoms with Gasteiger partial charge in [0.25, 0.3) is 0 Å². The third kappa shape index (κ3) is 5.29. The van der Waals surface area contributed by atoms with Crippen molar-refractivity contribution >= 4 is 38.9 Å². The number of rotatable bonds is 6. The van der Waals surface area contributed by atoms with E-state index in [1.807, 2.05) is 0 Å². The van der Waals surface area contributed by atoms with Crippen molar-refractivity contribution in [2.45, 2.75) is 38.5 Å². The Bertz CT molecular complexity index is 3280. The van der Waals surface area contributed by atoms with Gasteiger partial charge in [-0.1, -0.05) is 179 Å². The molecule has 0 unspecified atom stereocenters. The number of fused-ring (bicyclic) bond motifs is 9. The number of hydrogen-bond donors (Lipinski definition) is 0. The van der Waals surface area contributed by atoms with Crippen LogP contribution in [-0.4, -0.2) is 4.57 Å². The molecule has 0 fully saturated rings. The highest BCUT2D eigenvalue weighted by atomic mass is 15.2. The molecule has 0 N–H and O–H groups in total. The Labute approximate surface area is 364 Å². The lowest BCUT2D eigenvalue weighted by molar-refractivity contribution is 0.656. The Balaban J connectivity index is 0.995. The number of anilines is 3. The molecule has 0 saturated heterocycles. The zero-order valence-electron chi connectivity index (χ0n) is 35.5. The minimum atomic E-state index is -0.185. The molecule has 1 heterocycles. The predicted molar refractivity (Wildman–Crippen MR) is 261 cm³/mol. The van der Waals surface area contributed by atoms with E-state index in [-0.39, 0.29) is 10.8 Å². The summed E-state index contributed by atoms with van der Waals surface area (Å²) in [7, 11) is 0. The highest BCUT2D eigenvalue weighted by Gasteiger charge is 2.42. The van der Waals surface area contributed by atoms with E-state index >= 15 is 0 Å². The maximum absolute atomic E-state index is 2.56. The van der Waals surface area contributed by atoms with Crippen molar-refractivity contribution in [1.29, 1.82) is 0 Å². The van der Waals surface area contributed by atoms with Crippen molar-refractivity contribution in [3.05, 3.63) is 229 Å². The van der Waals surface area contributed by atoms with Gasteiger partial charge in [0.1, 0.15) is 0 Å². The molecule has 0 saturated carbocycles. The summed E-state index contributed by atoms with van der Waals surface area (Å²) in [4.78, 5) is 2.56. The summed E-state index contributed by atoms with van der Waals surface area (Å²) in [5, 5.41) is 2.50. The molecule has 12 rings (SSSR count). The standard InChI is InChI=1S/C60H46N2/c1-59(2)51-23-11-8-18-45(51)48-21-14-26-55(57(48)59)62(56-27-15-22-49-46-19-9-12-24-52(46)60(3,4)58(49)56)44-35-30-41(31-36-44)42-32-37-54-50(38-42)47-20-10-13-25-53(47)61(54)43-33-28-40(29-34-43)39-16-6-5-7-17-39/h5-38H,1-4H3. The molecule has 0 bridgehead atoms. The minimum absolute atomic E-state index is 0.185. The maximum atomic E-state index is 2.56. The van der Waals surface area contributed by atoms with E-state index < -0.39 is 0 Å². The number of aromatic nitrogens is 1. The van der Waals surface area contributed by atoms with Crippen molar-refractivity contribution in [1.82, 2.24) is 4.57 Å². The van der Waals surface area contributed by atoms with Gasteiger partial charge in [0.15, 0.2) is 0 Å². The molecule has 0 aliphatic heterocycles. The van der Waals surface area contributed by atoms with Crippen LogP contribution >= 0.6 is 0 Å². The van der Waals surface area contributed by atoms with Gasteiger partial charge in [-0.3, -0.25) is 0 Å². The fraction of sp³-hybridized carbons (Fsp3) is 0.100. The fourth-order valence-electron chi connectivity index (χ4n) is 11.1. The first-order valence-electron chi connectivity index (χ1n) is 21.9. The largest absolute Gasteiger partial charge is 0.310 e. The van der Waals surface area contributed by atoms with E-state index in [4.69, 9.17) is 0 Å². The highest BCUT2D eigenvalue weighted by molar-refractivity contribution is 6.10. The lowest BCUT2D eigenvalue weighted by Gasteiger charge is -2.35. The van der Waals surface area contributed by atoms with Gasteiger partial charge >= 0.3 is 0 Å². The molecular weight excluding hydrogens is 749 g/mol. The molecule has 296 valence electrons. The first-order chi connectivity index (χ1) is 30.3. The van der Waals surface area contributed by atoms with Gasteiger partial charge in [0, 0.05) is 33.0 Å².